The van der Waals surface area contributed by atoms with Crippen molar-refractivity contribution in [1.82, 2.24) is 20.0 Å². The van der Waals surface area contributed by atoms with Crippen molar-refractivity contribution in [1.29, 1.82) is 0 Å². The smallest absolute Gasteiger partial charge is 0.255 e. The summed E-state index contributed by atoms with van der Waals surface area (Å²) in [6.45, 7) is 3.87. The molecule has 7 heteroatoms. The van der Waals surface area contributed by atoms with Crippen LogP contribution in [0.1, 0.15) is 11.3 Å². The molecule has 158 valence electrons. The lowest BCUT2D eigenvalue weighted by Gasteiger charge is -2.10. The fourth-order valence-corrected chi connectivity index (χ4v) is 3.34. The van der Waals surface area contributed by atoms with Gasteiger partial charge in [0.25, 0.3) is 5.89 Å². The Morgan fingerprint density at radius 1 is 0.812 bits per heavy atom. The molecule has 0 atom stereocenters. The molecule has 0 unspecified atom stereocenters. The van der Waals surface area contributed by atoms with E-state index in [-0.39, 0.29) is 11.7 Å². The molecule has 0 fully saturated rings. The highest BCUT2D eigenvalue weighted by atomic mass is 19.1. The number of benzene rings is 3. The number of aryl methyl sites for hydroxylation is 2. The van der Waals surface area contributed by atoms with Crippen LogP contribution in [0.2, 0.25) is 0 Å². The Bertz CT molecular complexity index is 1360. The van der Waals surface area contributed by atoms with Crippen molar-refractivity contribution in [3.8, 4) is 40.2 Å². The molecule has 6 nitrogen and oxygen atoms in total. The molecule has 32 heavy (non-hydrogen) atoms. The van der Waals surface area contributed by atoms with Crippen LogP contribution in [0.3, 0.4) is 0 Å². The maximum absolute atomic E-state index is 13.4. The average molecular weight is 426 g/mol. The lowest BCUT2D eigenvalue weighted by atomic mass is 10.1. The summed E-state index contributed by atoms with van der Waals surface area (Å²) in [5, 5.41) is 13.1. The first-order valence-electron chi connectivity index (χ1n) is 10.1. The number of rotatable bonds is 5. The molecule has 0 amide bonds. The fraction of sp³-hybridized carbons (Fsp3) is 0.0800. The molecule has 0 bridgehead atoms. The van der Waals surface area contributed by atoms with E-state index in [9.17, 15) is 4.39 Å². The van der Waals surface area contributed by atoms with E-state index in [1.165, 1.54) is 12.1 Å². The van der Waals surface area contributed by atoms with Gasteiger partial charge in [-0.3, -0.25) is 0 Å². The summed E-state index contributed by atoms with van der Waals surface area (Å²) < 4.78 is 27.2. The fourth-order valence-electron chi connectivity index (χ4n) is 3.34. The van der Waals surface area contributed by atoms with Crippen LogP contribution in [0, 0.1) is 19.7 Å². The first kappa shape index (κ1) is 19.7. The molecule has 0 N–H and O–H groups in total. The molecule has 0 aliphatic rings. The first-order chi connectivity index (χ1) is 15.6. The minimum atomic E-state index is -0.343. The van der Waals surface area contributed by atoms with Crippen LogP contribution in [0.4, 0.5) is 4.39 Å². The molecular weight excluding hydrogens is 407 g/mol. The molecule has 0 radical (unpaired) electrons. The number of hydrogen-bond acceptors (Lipinski definition) is 5. The van der Waals surface area contributed by atoms with Gasteiger partial charge in [-0.25, -0.2) is 4.39 Å². The standard InChI is InChI=1S/C25H19FN4O2/c1-16-8-10-18(11-9-16)23-27-28-24(32-23)22-17(2)29-30(20-6-4-3-5-7-20)25(22)31-21-14-12-19(26)13-15-21/h3-15H,1-2H3. The van der Waals surface area contributed by atoms with Gasteiger partial charge in [-0.2, -0.15) is 9.78 Å². The summed E-state index contributed by atoms with van der Waals surface area (Å²) in [5.41, 5.74) is 4.00. The monoisotopic (exact) mass is 426 g/mol. The van der Waals surface area contributed by atoms with Gasteiger partial charge in [0.05, 0.1) is 11.4 Å². The number of para-hydroxylation sites is 1. The molecule has 2 heterocycles. The Hall–Kier alpha value is -4.26. The zero-order valence-corrected chi connectivity index (χ0v) is 17.5. The number of ether oxygens (including phenoxy) is 1. The Balaban J connectivity index is 1.62. The topological polar surface area (TPSA) is 66.0 Å². The van der Waals surface area contributed by atoms with Gasteiger partial charge in [0.2, 0.25) is 11.8 Å². The number of nitrogens with zero attached hydrogens (tertiary/aromatic N) is 4. The molecule has 0 aliphatic carbocycles. The van der Waals surface area contributed by atoms with Crippen LogP contribution in [0.25, 0.3) is 28.6 Å². The van der Waals surface area contributed by atoms with Crippen molar-refractivity contribution in [3.63, 3.8) is 0 Å². The molecule has 5 aromatic rings. The third-order valence-corrected chi connectivity index (χ3v) is 4.98. The third kappa shape index (κ3) is 3.76. The van der Waals surface area contributed by atoms with E-state index >= 15 is 0 Å². The van der Waals surface area contributed by atoms with Gasteiger partial charge in [0.1, 0.15) is 17.1 Å². The number of aromatic nitrogens is 4. The van der Waals surface area contributed by atoms with E-state index in [0.717, 1.165) is 16.8 Å². The molecule has 0 spiro atoms. The number of halogens is 1. The predicted molar refractivity (Wildman–Crippen MR) is 118 cm³/mol. The van der Waals surface area contributed by atoms with Gasteiger partial charge in [-0.05, 0) is 62.4 Å². The highest BCUT2D eigenvalue weighted by Gasteiger charge is 2.25. The van der Waals surface area contributed by atoms with Crippen molar-refractivity contribution >= 4 is 0 Å². The van der Waals surface area contributed by atoms with Gasteiger partial charge in [0.15, 0.2) is 0 Å². The minimum absolute atomic E-state index is 0.289. The molecular formula is C25H19FN4O2. The summed E-state index contributed by atoms with van der Waals surface area (Å²) >= 11 is 0. The maximum Gasteiger partial charge on any atom is 0.255 e. The highest BCUT2D eigenvalue weighted by Crippen LogP contribution is 2.38. The van der Waals surface area contributed by atoms with Crippen molar-refractivity contribution in [2.24, 2.45) is 0 Å². The van der Waals surface area contributed by atoms with Gasteiger partial charge < -0.3 is 9.15 Å². The molecule has 0 saturated carbocycles. The summed E-state index contributed by atoms with van der Waals surface area (Å²) in [7, 11) is 0. The Morgan fingerprint density at radius 3 is 2.22 bits per heavy atom. The molecule has 3 aromatic carbocycles. The van der Waals surface area contributed by atoms with Crippen LogP contribution in [0.5, 0.6) is 11.6 Å². The molecule has 2 aromatic heterocycles. The van der Waals surface area contributed by atoms with Crippen LogP contribution >= 0.6 is 0 Å². The van der Waals surface area contributed by atoms with E-state index in [2.05, 4.69) is 15.3 Å². The van der Waals surface area contributed by atoms with Crippen LogP contribution < -0.4 is 4.74 Å². The lowest BCUT2D eigenvalue weighted by molar-refractivity contribution is 0.442. The zero-order valence-electron chi connectivity index (χ0n) is 17.5. The largest absolute Gasteiger partial charge is 0.438 e. The molecule has 5 rings (SSSR count). The van der Waals surface area contributed by atoms with E-state index in [1.807, 2.05) is 68.4 Å². The third-order valence-electron chi connectivity index (χ3n) is 4.98. The van der Waals surface area contributed by atoms with E-state index in [1.54, 1.807) is 16.8 Å². The van der Waals surface area contributed by atoms with Crippen molar-refractivity contribution in [2.45, 2.75) is 13.8 Å². The van der Waals surface area contributed by atoms with Crippen molar-refractivity contribution < 1.29 is 13.5 Å². The van der Waals surface area contributed by atoms with Crippen LogP contribution in [-0.2, 0) is 0 Å². The Labute approximate surface area is 183 Å². The molecule has 0 aliphatic heterocycles. The van der Waals surface area contributed by atoms with Gasteiger partial charge >= 0.3 is 0 Å². The summed E-state index contributed by atoms with van der Waals surface area (Å²) in [5.74, 6) is 1.21. The van der Waals surface area contributed by atoms with Crippen molar-refractivity contribution in [2.75, 3.05) is 0 Å². The summed E-state index contributed by atoms with van der Waals surface area (Å²) in [4.78, 5) is 0. The maximum atomic E-state index is 13.4. The van der Waals surface area contributed by atoms with Gasteiger partial charge in [-0.15, -0.1) is 10.2 Å². The number of hydrogen-bond donors (Lipinski definition) is 0. The summed E-state index contributed by atoms with van der Waals surface area (Å²) in [6, 6.07) is 23.2. The second-order valence-corrected chi connectivity index (χ2v) is 7.35. The van der Waals surface area contributed by atoms with Crippen molar-refractivity contribution in [3.05, 3.63) is 95.9 Å². The SMILES string of the molecule is Cc1ccc(-c2nnc(-c3c(C)nn(-c4ccccc4)c3Oc3ccc(F)cc3)o2)cc1. The Morgan fingerprint density at radius 2 is 1.50 bits per heavy atom. The second kappa shape index (κ2) is 8.11. The quantitative estimate of drug-likeness (QED) is 0.338. The minimum Gasteiger partial charge on any atom is -0.438 e. The van der Waals surface area contributed by atoms with E-state index in [4.69, 9.17) is 9.15 Å². The molecule has 0 saturated heterocycles. The highest BCUT2D eigenvalue weighted by molar-refractivity contribution is 5.67. The van der Waals surface area contributed by atoms with E-state index in [0.29, 0.717) is 28.8 Å². The van der Waals surface area contributed by atoms with E-state index < -0.39 is 0 Å². The lowest BCUT2D eigenvalue weighted by Crippen LogP contribution is -2.00. The second-order valence-electron chi connectivity index (χ2n) is 7.35. The Kier molecular flexibility index (Phi) is 4.99. The van der Waals surface area contributed by atoms with Gasteiger partial charge in [-0.1, -0.05) is 35.9 Å². The summed E-state index contributed by atoms with van der Waals surface area (Å²) in [6.07, 6.45) is 0. The van der Waals surface area contributed by atoms with Crippen LogP contribution in [-0.4, -0.2) is 20.0 Å². The normalized spacial score (nSPS) is 11.0. The van der Waals surface area contributed by atoms with Crippen LogP contribution in [0.15, 0.2) is 83.3 Å². The van der Waals surface area contributed by atoms with Gasteiger partial charge in [0, 0.05) is 5.56 Å². The average Bonchev–Trinajstić information content (AvgIpc) is 3.41. The zero-order chi connectivity index (χ0) is 22.1. The first-order valence-corrected chi connectivity index (χ1v) is 10.1. The predicted octanol–water partition coefficient (Wildman–Crippen LogP) is 6.14.